The summed E-state index contributed by atoms with van der Waals surface area (Å²) in [5.41, 5.74) is 3.62. The van der Waals surface area contributed by atoms with E-state index in [0.717, 1.165) is 33.7 Å². The van der Waals surface area contributed by atoms with Crippen molar-refractivity contribution in [2.75, 3.05) is 7.05 Å². The SMILES string of the molecule is CN=Cc1ccnc(-c2ccc3cnn(-c4cccc(C)n4)c3c2)n1. The summed E-state index contributed by atoms with van der Waals surface area (Å²) in [5.74, 6) is 1.45. The maximum Gasteiger partial charge on any atom is 0.159 e. The third kappa shape index (κ3) is 2.89. The van der Waals surface area contributed by atoms with E-state index in [9.17, 15) is 0 Å². The first kappa shape index (κ1) is 15.1. The molecule has 3 heterocycles. The van der Waals surface area contributed by atoms with Crippen molar-refractivity contribution in [3.8, 4) is 17.2 Å². The zero-order valence-electron chi connectivity index (χ0n) is 14.0. The van der Waals surface area contributed by atoms with E-state index in [1.165, 1.54) is 0 Å². The smallest absolute Gasteiger partial charge is 0.159 e. The van der Waals surface area contributed by atoms with Crippen LogP contribution in [-0.2, 0) is 0 Å². The number of aliphatic imine (C=N–C) groups is 1. The molecule has 0 fully saturated rings. The fourth-order valence-corrected chi connectivity index (χ4v) is 2.70. The molecule has 4 rings (SSSR count). The summed E-state index contributed by atoms with van der Waals surface area (Å²) in [6.45, 7) is 1.97. The monoisotopic (exact) mass is 328 g/mol. The number of hydrogen-bond donors (Lipinski definition) is 0. The van der Waals surface area contributed by atoms with Gasteiger partial charge in [0.25, 0.3) is 0 Å². The lowest BCUT2D eigenvalue weighted by molar-refractivity contribution is 0.867. The Labute approximate surface area is 144 Å². The summed E-state index contributed by atoms with van der Waals surface area (Å²) in [6.07, 6.45) is 5.29. The Kier molecular flexibility index (Phi) is 3.78. The molecule has 0 atom stereocenters. The summed E-state index contributed by atoms with van der Waals surface area (Å²) >= 11 is 0. The standard InChI is InChI=1S/C19H16N6/c1-13-4-3-5-18(23-13)25-17-10-14(6-7-15(17)11-22-25)19-21-9-8-16(24-19)12-20-2/h3-12H,1-2H3. The predicted octanol–water partition coefficient (Wildman–Crippen LogP) is 3.23. The Bertz CT molecular complexity index is 1080. The lowest BCUT2D eigenvalue weighted by atomic mass is 10.1. The Balaban J connectivity index is 1.85. The van der Waals surface area contributed by atoms with Gasteiger partial charge in [0.05, 0.1) is 17.4 Å². The van der Waals surface area contributed by atoms with E-state index in [2.05, 4.69) is 25.0 Å². The van der Waals surface area contributed by atoms with Gasteiger partial charge in [0, 0.05) is 36.1 Å². The minimum absolute atomic E-state index is 0.657. The molecule has 6 nitrogen and oxygen atoms in total. The fraction of sp³-hybridized carbons (Fsp3) is 0.105. The van der Waals surface area contributed by atoms with Crippen LogP contribution in [-0.4, -0.2) is 38.0 Å². The van der Waals surface area contributed by atoms with Crippen molar-refractivity contribution in [1.29, 1.82) is 0 Å². The zero-order chi connectivity index (χ0) is 17.2. The van der Waals surface area contributed by atoms with Crippen LogP contribution in [0.25, 0.3) is 28.1 Å². The van der Waals surface area contributed by atoms with Gasteiger partial charge < -0.3 is 0 Å². The first-order valence-electron chi connectivity index (χ1n) is 7.92. The molecule has 1 aromatic carbocycles. The number of hydrogen-bond acceptors (Lipinski definition) is 5. The molecule has 4 aromatic rings. The van der Waals surface area contributed by atoms with Crippen LogP contribution in [0.1, 0.15) is 11.4 Å². The highest BCUT2D eigenvalue weighted by atomic mass is 15.3. The molecular formula is C19H16N6. The minimum atomic E-state index is 0.657. The number of fused-ring (bicyclic) bond motifs is 1. The van der Waals surface area contributed by atoms with Crippen molar-refractivity contribution < 1.29 is 0 Å². The van der Waals surface area contributed by atoms with E-state index in [4.69, 9.17) is 0 Å². The molecule has 3 aromatic heterocycles. The lowest BCUT2D eigenvalue weighted by Crippen LogP contribution is -2.00. The van der Waals surface area contributed by atoms with Crippen LogP contribution in [0.5, 0.6) is 0 Å². The fourth-order valence-electron chi connectivity index (χ4n) is 2.70. The third-order valence-electron chi connectivity index (χ3n) is 3.86. The first-order chi connectivity index (χ1) is 12.2. The van der Waals surface area contributed by atoms with Gasteiger partial charge in [-0.1, -0.05) is 18.2 Å². The lowest BCUT2D eigenvalue weighted by Gasteiger charge is -2.05. The minimum Gasteiger partial charge on any atom is -0.294 e. The average molecular weight is 328 g/mol. The van der Waals surface area contributed by atoms with Gasteiger partial charge in [-0.25, -0.2) is 19.6 Å². The van der Waals surface area contributed by atoms with E-state index >= 15 is 0 Å². The molecule has 0 radical (unpaired) electrons. The molecule has 122 valence electrons. The third-order valence-corrected chi connectivity index (χ3v) is 3.86. The largest absolute Gasteiger partial charge is 0.294 e. The van der Waals surface area contributed by atoms with E-state index in [-0.39, 0.29) is 0 Å². The summed E-state index contributed by atoms with van der Waals surface area (Å²) in [5, 5.41) is 5.52. The van der Waals surface area contributed by atoms with E-state index < -0.39 is 0 Å². The number of benzene rings is 1. The molecule has 0 aliphatic heterocycles. The molecule has 0 aliphatic rings. The number of aromatic nitrogens is 5. The van der Waals surface area contributed by atoms with Gasteiger partial charge in [0.1, 0.15) is 0 Å². The van der Waals surface area contributed by atoms with Crippen molar-refractivity contribution >= 4 is 17.1 Å². The molecule has 25 heavy (non-hydrogen) atoms. The van der Waals surface area contributed by atoms with Crippen LogP contribution >= 0.6 is 0 Å². The second-order valence-corrected chi connectivity index (χ2v) is 5.66. The molecule has 0 saturated carbocycles. The number of aryl methyl sites for hydroxylation is 1. The van der Waals surface area contributed by atoms with Crippen LogP contribution in [0.4, 0.5) is 0 Å². The number of nitrogens with zero attached hydrogens (tertiary/aromatic N) is 6. The predicted molar refractivity (Wildman–Crippen MR) is 98.1 cm³/mol. The van der Waals surface area contributed by atoms with Gasteiger partial charge in [0.2, 0.25) is 0 Å². The van der Waals surface area contributed by atoms with Gasteiger partial charge in [0.15, 0.2) is 11.6 Å². The molecule has 0 unspecified atom stereocenters. The Morgan fingerprint density at radius 1 is 1.08 bits per heavy atom. The first-order valence-corrected chi connectivity index (χ1v) is 7.92. The van der Waals surface area contributed by atoms with Gasteiger partial charge in [-0.3, -0.25) is 4.99 Å². The Morgan fingerprint density at radius 3 is 2.84 bits per heavy atom. The zero-order valence-corrected chi connectivity index (χ0v) is 14.0. The maximum atomic E-state index is 4.56. The Hall–Kier alpha value is -3.41. The average Bonchev–Trinajstić information content (AvgIpc) is 3.05. The van der Waals surface area contributed by atoms with Crippen molar-refractivity contribution in [2.24, 2.45) is 4.99 Å². The van der Waals surface area contributed by atoms with Crippen LogP contribution < -0.4 is 0 Å². The van der Waals surface area contributed by atoms with Crippen molar-refractivity contribution in [3.05, 3.63) is 66.2 Å². The van der Waals surface area contributed by atoms with Crippen LogP contribution in [0.15, 0.2) is 59.9 Å². The van der Waals surface area contributed by atoms with E-state index in [1.807, 2.05) is 60.3 Å². The molecule has 0 bridgehead atoms. The van der Waals surface area contributed by atoms with Gasteiger partial charge in [-0.15, -0.1) is 0 Å². The topological polar surface area (TPSA) is 68.8 Å². The second-order valence-electron chi connectivity index (χ2n) is 5.66. The van der Waals surface area contributed by atoms with Crippen LogP contribution in [0.2, 0.25) is 0 Å². The summed E-state index contributed by atoms with van der Waals surface area (Å²) in [6, 6.07) is 13.8. The molecule has 0 amide bonds. The van der Waals surface area contributed by atoms with Gasteiger partial charge in [-0.2, -0.15) is 5.10 Å². The van der Waals surface area contributed by atoms with Crippen LogP contribution in [0, 0.1) is 6.92 Å². The highest BCUT2D eigenvalue weighted by Gasteiger charge is 2.09. The highest BCUT2D eigenvalue weighted by molar-refractivity contribution is 5.85. The number of rotatable bonds is 3. The molecular weight excluding hydrogens is 312 g/mol. The second kappa shape index (κ2) is 6.24. The van der Waals surface area contributed by atoms with Crippen LogP contribution in [0.3, 0.4) is 0 Å². The quantitative estimate of drug-likeness (QED) is 0.541. The van der Waals surface area contributed by atoms with Gasteiger partial charge in [-0.05, 0) is 31.2 Å². The maximum absolute atomic E-state index is 4.56. The summed E-state index contributed by atoms with van der Waals surface area (Å²) in [7, 11) is 1.72. The normalized spacial score (nSPS) is 11.4. The molecule has 0 N–H and O–H groups in total. The Morgan fingerprint density at radius 2 is 2.00 bits per heavy atom. The van der Waals surface area contributed by atoms with Crippen molar-refractivity contribution in [1.82, 2.24) is 24.7 Å². The highest BCUT2D eigenvalue weighted by Crippen LogP contribution is 2.23. The van der Waals surface area contributed by atoms with Crippen molar-refractivity contribution in [2.45, 2.75) is 6.92 Å². The van der Waals surface area contributed by atoms with Gasteiger partial charge >= 0.3 is 0 Å². The number of pyridine rings is 1. The van der Waals surface area contributed by atoms with Crippen molar-refractivity contribution in [3.63, 3.8) is 0 Å². The molecule has 0 aliphatic carbocycles. The van der Waals surface area contributed by atoms with E-state index in [1.54, 1.807) is 19.5 Å². The molecule has 0 spiro atoms. The van der Waals surface area contributed by atoms with E-state index in [0.29, 0.717) is 5.82 Å². The summed E-state index contributed by atoms with van der Waals surface area (Å²) < 4.78 is 1.84. The summed E-state index contributed by atoms with van der Waals surface area (Å²) in [4.78, 5) is 17.5. The molecule has 6 heteroatoms. The molecule has 0 saturated heterocycles.